The third-order valence-electron chi connectivity index (χ3n) is 10.6. The van der Waals surface area contributed by atoms with Crippen LogP contribution in [0.1, 0.15) is 0 Å². The van der Waals surface area contributed by atoms with Crippen LogP contribution in [0.3, 0.4) is 0 Å². The quantitative estimate of drug-likeness (QED) is 0.184. The lowest BCUT2D eigenvalue weighted by molar-refractivity contribution is 1.19. The first-order chi connectivity index (χ1) is 24.8. The molecule has 0 aliphatic carbocycles. The molecular formula is C48H29NS. The largest absolute Gasteiger partial charge is 0.309 e. The fraction of sp³-hybridized carbons (Fsp3) is 0. The third-order valence-corrected chi connectivity index (χ3v) is 11.7. The van der Waals surface area contributed by atoms with E-state index in [9.17, 15) is 0 Å². The molecule has 2 heteroatoms. The van der Waals surface area contributed by atoms with E-state index in [1.165, 1.54) is 103 Å². The predicted molar refractivity (Wildman–Crippen MR) is 214 cm³/mol. The first-order valence-electron chi connectivity index (χ1n) is 17.2. The average Bonchev–Trinajstić information content (AvgIpc) is 3.51. The van der Waals surface area contributed by atoms with Gasteiger partial charge in [-0.05, 0) is 91.3 Å². The molecule has 0 spiro atoms. The summed E-state index contributed by atoms with van der Waals surface area (Å²) in [4.78, 5) is 2.66. The smallest absolute Gasteiger partial charge is 0.0619 e. The van der Waals surface area contributed by atoms with Crippen LogP contribution in [0.25, 0.3) is 93.2 Å². The number of hydrogen-bond donors (Lipinski definition) is 0. The van der Waals surface area contributed by atoms with Gasteiger partial charge in [0.05, 0.1) is 11.0 Å². The maximum Gasteiger partial charge on any atom is 0.0619 e. The molecule has 1 aliphatic rings. The molecule has 2 heterocycles. The van der Waals surface area contributed by atoms with Gasteiger partial charge in [-0.2, -0.15) is 0 Å². The van der Waals surface area contributed by atoms with E-state index in [0.717, 1.165) is 0 Å². The summed E-state index contributed by atoms with van der Waals surface area (Å²) < 4.78 is 2.46. The molecule has 0 bridgehead atoms. The van der Waals surface area contributed by atoms with E-state index in [0.29, 0.717) is 0 Å². The molecule has 1 aromatic heterocycles. The summed E-state index contributed by atoms with van der Waals surface area (Å²) in [6, 6.07) is 65.0. The van der Waals surface area contributed by atoms with E-state index in [-0.39, 0.29) is 0 Å². The minimum Gasteiger partial charge on any atom is -0.309 e. The Hall–Kier alpha value is -6.09. The number of hydrogen-bond acceptors (Lipinski definition) is 1. The van der Waals surface area contributed by atoms with Gasteiger partial charge in [0.25, 0.3) is 0 Å². The minimum absolute atomic E-state index is 1.17. The van der Waals surface area contributed by atoms with Crippen LogP contribution in [-0.2, 0) is 0 Å². The number of benzene rings is 9. The summed E-state index contributed by atoms with van der Waals surface area (Å²) in [7, 11) is 0. The molecule has 0 N–H and O–H groups in total. The molecule has 0 saturated heterocycles. The fourth-order valence-electron chi connectivity index (χ4n) is 8.21. The molecule has 232 valence electrons. The highest BCUT2D eigenvalue weighted by Gasteiger charge is 2.21. The second-order valence-corrected chi connectivity index (χ2v) is 14.4. The van der Waals surface area contributed by atoms with Gasteiger partial charge in [0.1, 0.15) is 0 Å². The van der Waals surface area contributed by atoms with Crippen molar-refractivity contribution < 1.29 is 0 Å². The molecule has 1 aliphatic heterocycles. The summed E-state index contributed by atoms with van der Waals surface area (Å²) in [5, 5.41) is 10.3. The summed E-state index contributed by atoms with van der Waals surface area (Å²) in [6.45, 7) is 0. The van der Waals surface area contributed by atoms with Crippen LogP contribution >= 0.6 is 11.8 Å². The fourth-order valence-corrected chi connectivity index (χ4v) is 9.34. The molecule has 1 nitrogen and oxygen atoms in total. The highest BCUT2D eigenvalue weighted by Crippen LogP contribution is 2.49. The van der Waals surface area contributed by atoms with Crippen LogP contribution in [-0.4, -0.2) is 4.57 Å². The zero-order chi connectivity index (χ0) is 32.8. The summed E-state index contributed by atoms with van der Waals surface area (Å²) in [5.74, 6) is 0. The van der Waals surface area contributed by atoms with Gasteiger partial charge >= 0.3 is 0 Å². The molecule has 0 saturated carbocycles. The van der Waals surface area contributed by atoms with Crippen molar-refractivity contribution in [3.05, 3.63) is 176 Å². The highest BCUT2D eigenvalue weighted by atomic mass is 32.2. The molecule has 0 atom stereocenters. The van der Waals surface area contributed by atoms with Gasteiger partial charge in [0.15, 0.2) is 0 Å². The minimum atomic E-state index is 1.17. The summed E-state index contributed by atoms with van der Waals surface area (Å²) in [6.07, 6.45) is 0. The van der Waals surface area contributed by atoms with Gasteiger partial charge in [-0.25, -0.2) is 0 Å². The van der Waals surface area contributed by atoms with Crippen LogP contribution in [0.5, 0.6) is 0 Å². The third kappa shape index (κ3) is 4.09. The Morgan fingerprint density at radius 2 is 1.02 bits per heavy atom. The van der Waals surface area contributed by atoms with Crippen LogP contribution < -0.4 is 0 Å². The van der Waals surface area contributed by atoms with E-state index in [4.69, 9.17) is 0 Å². The molecule has 11 rings (SSSR count). The SMILES string of the molecule is c1ccc2c(c1)Sc1ccc(-c3ccc(-c4ccc(-n5c6cc7ccccc7cc6c6ccc7ccccc7c65)cc4)cc3)c3cccc-2c13. The van der Waals surface area contributed by atoms with Crippen molar-refractivity contribution >= 4 is 65.9 Å². The number of nitrogens with zero attached hydrogens (tertiary/aromatic N) is 1. The van der Waals surface area contributed by atoms with Crippen LogP contribution in [0.2, 0.25) is 0 Å². The van der Waals surface area contributed by atoms with Crippen molar-refractivity contribution in [1.29, 1.82) is 0 Å². The second-order valence-electron chi connectivity index (χ2n) is 13.3. The van der Waals surface area contributed by atoms with Gasteiger partial charge in [-0.15, -0.1) is 0 Å². The normalized spacial score (nSPS) is 12.3. The number of rotatable bonds is 3. The Labute approximate surface area is 294 Å². The van der Waals surface area contributed by atoms with Crippen LogP contribution in [0, 0.1) is 0 Å². The lowest BCUT2D eigenvalue weighted by atomic mass is 9.92. The molecule has 0 amide bonds. The standard InChI is InChI=1S/C48H29NS/c1-2-10-35-29-44-43(28-34(35)9-1)42-25-22-32-8-3-4-11-38(32)48(42)49(44)36-23-20-31(21-24-36)30-16-18-33(19-17-30)37-26-27-46-47-40(37)13-7-14-41(47)39-12-5-6-15-45(39)50-46/h1-29H. The number of fused-ring (bicyclic) bond motifs is 8. The van der Waals surface area contributed by atoms with Gasteiger partial charge in [-0.3, -0.25) is 0 Å². The molecule has 9 aromatic carbocycles. The van der Waals surface area contributed by atoms with Gasteiger partial charge in [0, 0.05) is 37.0 Å². The van der Waals surface area contributed by atoms with Crippen molar-refractivity contribution in [2.24, 2.45) is 0 Å². The van der Waals surface area contributed by atoms with Crippen molar-refractivity contribution in [2.75, 3.05) is 0 Å². The maximum absolute atomic E-state index is 2.46. The van der Waals surface area contributed by atoms with Crippen LogP contribution in [0.4, 0.5) is 0 Å². The van der Waals surface area contributed by atoms with Crippen molar-refractivity contribution in [3.8, 4) is 39.1 Å². The Bertz CT molecular complexity index is 2990. The van der Waals surface area contributed by atoms with Crippen molar-refractivity contribution in [1.82, 2.24) is 4.57 Å². The lowest BCUT2D eigenvalue weighted by Gasteiger charge is -2.21. The Morgan fingerprint density at radius 3 is 1.86 bits per heavy atom. The lowest BCUT2D eigenvalue weighted by Crippen LogP contribution is -1.95. The second kappa shape index (κ2) is 10.7. The molecule has 50 heavy (non-hydrogen) atoms. The maximum atomic E-state index is 2.46. The van der Waals surface area contributed by atoms with E-state index in [2.05, 4.69) is 180 Å². The Morgan fingerprint density at radius 1 is 0.360 bits per heavy atom. The predicted octanol–water partition coefficient (Wildman–Crippen LogP) is 13.7. The first-order valence-corrected chi connectivity index (χ1v) is 18.0. The van der Waals surface area contributed by atoms with Gasteiger partial charge in [0.2, 0.25) is 0 Å². The van der Waals surface area contributed by atoms with E-state index < -0.39 is 0 Å². The van der Waals surface area contributed by atoms with Gasteiger partial charge < -0.3 is 4.57 Å². The topological polar surface area (TPSA) is 4.93 Å². The van der Waals surface area contributed by atoms with E-state index in [1.54, 1.807) is 0 Å². The van der Waals surface area contributed by atoms with Crippen molar-refractivity contribution in [3.63, 3.8) is 0 Å². The number of aromatic nitrogens is 1. The Balaban J connectivity index is 1.01. The summed E-state index contributed by atoms with van der Waals surface area (Å²) in [5.41, 5.74) is 11.3. The Kier molecular flexibility index (Phi) is 5.96. The molecule has 0 unspecified atom stereocenters. The highest BCUT2D eigenvalue weighted by molar-refractivity contribution is 7.99. The van der Waals surface area contributed by atoms with E-state index >= 15 is 0 Å². The van der Waals surface area contributed by atoms with Gasteiger partial charge in [-0.1, -0.05) is 151 Å². The molecular weight excluding hydrogens is 623 g/mol. The zero-order valence-corrected chi connectivity index (χ0v) is 27.9. The zero-order valence-electron chi connectivity index (χ0n) is 27.1. The molecule has 10 aromatic rings. The van der Waals surface area contributed by atoms with E-state index in [1.807, 2.05) is 11.8 Å². The average molecular weight is 652 g/mol. The van der Waals surface area contributed by atoms with Crippen molar-refractivity contribution in [2.45, 2.75) is 9.79 Å². The summed E-state index contributed by atoms with van der Waals surface area (Å²) >= 11 is 1.88. The molecule has 0 radical (unpaired) electrons. The first kappa shape index (κ1) is 27.8. The molecule has 0 fully saturated rings. The van der Waals surface area contributed by atoms with Crippen LogP contribution in [0.15, 0.2) is 186 Å². The monoisotopic (exact) mass is 651 g/mol.